The summed E-state index contributed by atoms with van der Waals surface area (Å²) >= 11 is 0. The second-order valence-electron chi connectivity index (χ2n) is 4.73. The number of nitrogens with zero attached hydrogens (tertiary/aromatic N) is 1. The molecule has 6 nitrogen and oxygen atoms in total. The maximum atomic E-state index is 12.1. The van der Waals surface area contributed by atoms with Gasteiger partial charge in [0, 0.05) is 12.6 Å². The number of fused-ring (bicyclic) bond motifs is 1. The molecule has 0 aliphatic carbocycles. The fourth-order valence-electron chi connectivity index (χ4n) is 2.15. The van der Waals surface area contributed by atoms with E-state index in [1.165, 1.54) is 0 Å². The van der Waals surface area contributed by atoms with Crippen LogP contribution in [0, 0.1) is 6.92 Å². The van der Waals surface area contributed by atoms with Gasteiger partial charge < -0.3 is 9.47 Å². The summed E-state index contributed by atoms with van der Waals surface area (Å²) in [6.45, 7) is 2.96. The summed E-state index contributed by atoms with van der Waals surface area (Å²) in [4.78, 5) is 4.20. The first kappa shape index (κ1) is 11.9. The summed E-state index contributed by atoms with van der Waals surface area (Å²) in [7, 11) is -3.56. The standard InChI is InChI=1S/C11H14N2O4S/c1-8-4-9-10(12-5-8)17-11(2-3-16-7-11)6-13-18(9,14)15/h4-5,13H,2-3,6-7H2,1H3/t11-/m0/s1. The van der Waals surface area contributed by atoms with Gasteiger partial charge in [0.2, 0.25) is 15.9 Å². The van der Waals surface area contributed by atoms with E-state index in [4.69, 9.17) is 9.47 Å². The number of pyridine rings is 1. The van der Waals surface area contributed by atoms with Gasteiger partial charge in [-0.1, -0.05) is 0 Å². The fourth-order valence-corrected chi connectivity index (χ4v) is 3.43. The molecule has 1 atom stereocenters. The van der Waals surface area contributed by atoms with E-state index >= 15 is 0 Å². The number of rotatable bonds is 0. The van der Waals surface area contributed by atoms with E-state index in [0.717, 1.165) is 5.56 Å². The molecule has 1 fully saturated rings. The lowest BCUT2D eigenvalue weighted by Crippen LogP contribution is -2.45. The Morgan fingerprint density at radius 1 is 1.50 bits per heavy atom. The molecule has 0 unspecified atom stereocenters. The second-order valence-corrected chi connectivity index (χ2v) is 6.46. The van der Waals surface area contributed by atoms with Crippen molar-refractivity contribution < 1.29 is 17.9 Å². The molecule has 1 saturated heterocycles. The van der Waals surface area contributed by atoms with Crippen molar-refractivity contribution in [2.24, 2.45) is 0 Å². The maximum Gasteiger partial charge on any atom is 0.246 e. The van der Waals surface area contributed by atoms with Crippen LogP contribution in [0.5, 0.6) is 5.88 Å². The van der Waals surface area contributed by atoms with Gasteiger partial charge in [0.15, 0.2) is 0 Å². The predicted octanol–water partition coefficient (Wildman–Crippen LogP) is 0.220. The van der Waals surface area contributed by atoms with E-state index in [1.807, 2.05) is 0 Å². The number of sulfonamides is 1. The zero-order valence-corrected chi connectivity index (χ0v) is 10.8. The van der Waals surface area contributed by atoms with Crippen LogP contribution >= 0.6 is 0 Å². The van der Waals surface area contributed by atoms with Gasteiger partial charge in [-0.05, 0) is 18.6 Å². The maximum absolute atomic E-state index is 12.1. The van der Waals surface area contributed by atoms with Crippen molar-refractivity contribution >= 4 is 10.0 Å². The molecule has 98 valence electrons. The largest absolute Gasteiger partial charge is 0.466 e. The number of hydrogen-bond donors (Lipinski definition) is 1. The zero-order valence-electron chi connectivity index (χ0n) is 9.97. The van der Waals surface area contributed by atoms with Crippen LogP contribution in [0.2, 0.25) is 0 Å². The summed E-state index contributed by atoms with van der Waals surface area (Å²) in [6.07, 6.45) is 2.26. The molecule has 7 heteroatoms. The van der Waals surface area contributed by atoms with Gasteiger partial charge in [0.1, 0.15) is 10.5 Å². The Balaban J connectivity index is 2.11. The van der Waals surface area contributed by atoms with E-state index < -0.39 is 15.6 Å². The molecule has 1 aromatic heterocycles. The fraction of sp³-hybridized carbons (Fsp3) is 0.545. The Kier molecular flexibility index (Phi) is 2.58. The van der Waals surface area contributed by atoms with Crippen LogP contribution in [0.4, 0.5) is 0 Å². The van der Waals surface area contributed by atoms with Crippen LogP contribution in [-0.2, 0) is 14.8 Å². The normalized spacial score (nSPS) is 29.6. The first-order valence-electron chi connectivity index (χ1n) is 5.74. The number of aryl methyl sites for hydroxylation is 1. The van der Waals surface area contributed by atoms with Gasteiger partial charge in [-0.25, -0.2) is 18.1 Å². The minimum atomic E-state index is -3.56. The minimum Gasteiger partial charge on any atom is -0.466 e. The average Bonchev–Trinajstić information content (AvgIpc) is 2.74. The van der Waals surface area contributed by atoms with Gasteiger partial charge in [0.25, 0.3) is 0 Å². The van der Waals surface area contributed by atoms with Gasteiger partial charge in [-0.2, -0.15) is 0 Å². The minimum absolute atomic E-state index is 0.103. The molecule has 0 aromatic carbocycles. The predicted molar refractivity (Wildman–Crippen MR) is 63.0 cm³/mol. The Morgan fingerprint density at radius 3 is 3.06 bits per heavy atom. The smallest absolute Gasteiger partial charge is 0.246 e. The molecule has 0 saturated carbocycles. The molecule has 0 radical (unpaired) electrons. The van der Waals surface area contributed by atoms with Crippen molar-refractivity contribution in [2.75, 3.05) is 19.8 Å². The van der Waals surface area contributed by atoms with Crippen molar-refractivity contribution in [2.45, 2.75) is 23.8 Å². The van der Waals surface area contributed by atoms with Crippen molar-refractivity contribution in [1.82, 2.24) is 9.71 Å². The Bertz CT molecular complexity index is 579. The number of hydrogen-bond acceptors (Lipinski definition) is 5. The highest BCUT2D eigenvalue weighted by Gasteiger charge is 2.42. The summed E-state index contributed by atoms with van der Waals surface area (Å²) in [6, 6.07) is 1.57. The van der Waals surface area contributed by atoms with Gasteiger partial charge >= 0.3 is 0 Å². The third-order valence-electron chi connectivity index (χ3n) is 3.21. The first-order valence-corrected chi connectivity index (χ1v) is 7.22. The summed E-state index contributed by atoms with van der Waals surface area (Å²) in [5.74, 6) is 0.163. The molecule has 2 aliphatic rings. The molecule has 3 rings (SSSR count). The SMILES string of the molecule is Cc1cnc2c(c1)S(=O)(=O)NC[C@]1(CCOC1)O2. The van der Waals surface area contributed by atoms with Gasteiger partial charge in [0.05, 0.1) is 19.8 Å². The van der Waals surface area contributed by atoms with Gasteiger partial charge in [-0.3, -0.25) is 0 Å². The molecular formula is C11H14N2O4S. The molecule has 1 N–H and O–H groups in total. The molecule has 0 bridgehead atoms. The van der Waals surface area contributed by atoms with Crippen molar-refractivity contribution in [1.29, 1.82) is 0 Å². The van der Waals surface area contributed by atoms with Crippen molar-refractivity contribution in [3.8, 4) is 5.88 Å². The van der Waals surface area contributed by atoms with Crippen LogP contribution in [-0.4, -0.2) is 38.8 Å². The Hall–Kier alpha value is -1.18. The second kappa shape index (κ2) is 3.91. The van der Waals surface area contributed by atoms with Crippen LogP contribution < -0.4 is 9.46 Å². The Morgan fingerprint density at radius 2 is 2.33 bits per heavy atom. The van der Waals surface area contributed by atoms with Crippen LogP contribution in [0.15, 0.2) is 17.2 Å². The monoisotopic (exact) mass is 270 g/mol. The van der Waals surface area contributed by atoms with E-state index in [1.54, 1.807) is 19.2 Å². The number of ether oxygens (including phenoxy) is 2. The summed E-state index contributed by atoms with van der Waals surface area (Å²) in [5, 5.41) is 0. The molecule has 0 amide bonds. The van der Waals surface area contributed by atoms with E-state index in [-0.39, 0.29) is 17.3 Å². The average molecular weight is 270 g/mol. The number of nitrogens with one attached hydrogen (secondary N) is 1. The lowest BCUT2D eigenvalue weighted by Gasteiger charge is -2.25. The summed E-state index contributed by atoms with van der Waals surface area (Å²) < 4.78 is 37.9. The van der Waals surface area contributed by atoms with Gasteiger partial charge in [-0.15, -0.1) is 0 Å². The van der Waals surface area contributed by atoms with E-state index in [2.05, 4.69) is 9.71 Å². The summed E-state index contributed by atoms with van der Waals surface area (Å²) in [5.41, 5.74) is 0.155. The highest BCUT2D eigenvalue weighted by atomic mass is 32.2. The third kappa shape index (κ3) is 1.88. The zero-order chi connectivity index (χ0) is 12.8. The third-order valence-corrected chi connectivity index (χ3v) is 4.61. The lowest BCUT2D eigenvalue weighted by molar-refractivity contribution is 0.0502. The highest BCUT2D eigenvalue weighted by molar-refractivity contribution is 7.89. The lowest BCUT2D eigenvalue weighted by atomic mass is 10.0. The Labute approximate surface area is 105 Å². The topological polar surface area (TPSA) is 77.5 Å². The van der Waals surface area contributed by atoms with Crippen LogP contribution in [0.3, 0.4) is 0 Å². The molecular weight excluding hydrogens is 256 g/mol. The van der Waals surface area contributed by atoms with E-state index in [0.29, 0.717) is 19.6 Å². The first-order chi connectivity index (χ1) is 8.51. The number of aromatic nitrogens is 1. The van der Waals surface area contributed by atoms with Crippen LogP contribution in [0.1, 0.15) is 12.0 Å². The van der Waals surface area contributed by atoms with Crippen molar-refractivity contribution in [3.63, 3.8) is 0 Å². The molecule has 1 spiro atoms. The highest BCUT2D eigenvalue weighted by Crippen LogP contribution is 2.32. The van der Waals surface area contributed by atoms with Crippen LogP contribution in [0.25, 0.3) is 0 Å². The van der Waals surface area contributed by atoms with E-state index in [9.17, 15) is 8.42 Å². The quantitative estimate of drug-likeness (QED) is 0.729. The molecule has 18 heavy (non-hydrogen) atoms. The van der Waals surface area contributed by atoms with Crippen molar-refractivity contribution in [3.05, 3.63) is 17.8 Å². The molecule has 1 aromatic rings. The molecule has 3 heterocycles. The molecule has 2 aliphatic heterocycles.